The molecule has 0 spiro atoms. The molecule has 0 heterocycles. The van der Waals surface area contributed by atoms with E-state index in [1.54, 1.807) is 0 Å². The lowest BCUT2D eigenvalue weighted by molar-refractivity contribution is -0.125. The summed E-state index contributed by atoms with van der Waals surface area (Å²) in [5.74, 6) is 1.01. The Kier molecular flexibility index (Phi) is 7.77. The Morgan fingerprint density at radius 3 is 1.83 bits per heavy atom. The summed E-state index contributed by atoms with van der Waals surface area (Å²) in [5.41, 5.74) is 0.286. The molecule has 2 atom stereocenters. The Labute approximate surface area is 114 Å². The third kappa shape index (κ3) is 5.09. The molecule has 0 aromatic rings. The maximum atomic E-state index is 12.2. The van der Waals surface area contributed by atoms with Gasteiger partial charge in [-0.3, -0.25) is 9.69 Å². The number of rotatable bonds is 8. The minimum atomic E-state index is 0.120. The van der Waals surface area contributed by atoms with Gasteiger partial charge in [0, 0.05) is 6.42 Å². The zero-order valence-electron chi connectivity index (χ0n) is 13.5. The number of carbonyl (C=O) groups excluding carboxylic acids is 1. The van der Waals surface area contributed by atoms with Crippen LogP contribution in [0.2, 0.25) is 0 Å². The monoisotopic (exact) mass is 255 g/mol. The number of ketones is 1. The number of carbonyl (C=O) groups is 1. The molecular formula is C16H33NO. The van der Waals surface area contributed by atoms with Crippen LogP contribution in [-0.2, 0) is 4.79 Å². The normalized spacial score (nSPS) is 15.8. The first kappa shape index (κ1) is 17.6. The molecule has 0 aliphatic rings. The van der Waals surface area contributed by atoms with E-state index in [1.807, 2.05) is 6.92 Å². The molecule has 0 radical (unpaired) electrons. The molecule has 108 valence electrons. The highest BCUT2D eigenvalue weighted by molar-refractivity contribution is 5.83. The first-order valence-electron chi connectivity index (χ1n) is 7.58. The zero-order valence-corrected chi connectivity index (χ0v) is 13.5. The van der Waals surface area contributed by atoms with Crippen molar-refractivity contribution < 1.29 is 4.79 Å². The lowest BCUT2D eigenvalue weighted by Crippen LogP contribution is -2.43. The lowest BCUT2D eigenvalue weighted by Gasteiger charge is -2.36. The molecule has 0 fully saturated rings. The van der Waals surface area contributed by atoms with Crippen molar-refractivity contribution in [2.24, 2.45) is 11.3 Å². The van der Waals surface area contributed by atoms with Gasteiger partial charge in [0.1, 0.15) is 5.78 Å². The Bertz CT molecular complexity index is 238. The summed E-state index contributed by atoms with van der Waals surface area (Å²) >= 11 is 0. The Balaban J connectivity index is 4.93. The molecule has 2 nitrogen and oxygen atoms in total. The van der Waals surface area contributed by atoms with Crippen molar-refractivity contribution in [1.29, 1.82) is 0 Å². The van der Waals surface area contributed by atoms with Gasteiger partial charge in [0.25, 0.3) is 0 Å². The van der Waals surface area contributed by atoms with Gasteiger partial charge in [-0.15, -0.1) is 0 Å². The predicted molar refractivity (Wildman–Crippen MR) is 79.9 cm³/mol. The second-order valence-electron chi connectivity index (χ2n) is 6.26. The highest BCUT2D eigenvalue weighted by atomic mass is 16.1. The molecule has 0 bridgehead atoms. The van der Waals surface area contributed by atoms with Gasteiger partial charge in [0.15, 0.2) is 0 Å². The summed E-state index contributed by atoms with van der Waals surface area (Å²) in [6, 6.07) is 0.120. The number of likely N-dealkylation sites (N-methyl/N-ethyl adjacent to an activating group) is 1. The van der Waals surface area contributed by atoms with Gasteiger partial charge < -0.3 is 0 Å². The van der Waals surface area contributed by atoms with Gasteiger partial charge in [-0.1, -0.05) is 54.9 Å². The average molecular weight is 255 g/mol. The molecule has 0 rings (SSSR count). The van der Waals surface area contributed by atoms with Crippen molar-refractivity contribution in [3.63, 3.8) is 0 Å². The molecule has 0 aliphatic heterocycles. The summed E-state index contributed by atoms with van der Waals surface area (Å²) in [6.07, 6.45) is 2.81. The fourth-order valence-electron chi connectivity index (χ4n) is 2.79. The molecule has 0 aromatic heterocycles. The van der Waals surface area contributed by atoms with Crippen LogP contribution in [0, 0.1) is 11.3 Å². The van der Waals surface area contributed by atoms with Crippen molar-refractivity contribution in [3.05, 3.63) is 0 Å². The van der Waals surface area contributed by atoms with Crippen LogP contribution in [-0.4, -0.2) is 29.8 Å². The van der Waals surface area contributed by atoms with Crippen LogP contribution in [0.3, 0.4) is 0 Å². The Morgan fingerprint density at radius 1 is 1.06 bits per heavy atom. The lowest BCUT2D eigenvalue weighted by atomic mass is 9.75. The third-order valence-electron chi connectivity index (χ3n) is 4.20. The number of Topliss-reactive ketones (excluding diaryl/α,β-unsaturated/α-hetero) is 1. The minimum Gasteiger partial charge on any atom is -0.298 e. The summed E-state index contributed by atoms with van der Waals surface area (Å²) in [7, 11) is 0. The summed E-state index contributed by atoms with van der Waals surface area (Å²) in [5, 5.41) is 0. The van der Waals surface area contributed by atoms with Crippen molar-refractivity contribution in [3.8, 4) is 0 Å². The van der Waals surface area contributed by atoms with E-state index in [2.05, 4.69) is 46.4 Å². The van der Waals surface area contributed by atoms with E-state index < -0.39 is 0 Å². The van der Waals surface area contributed by atoms with E-state index >= 15 is 0 Å². The van der Waals surface area contributed by atoms with Crippen LogP contribution < -0.4 is 0 Å². The summed E-state index contributed by atoms with van der Waals surface area (Å²) < 4.78 is 0. The van der Waals surface area contributed by atoms with Crippen LogP contribution in [0.25, 0.3) is 0 Å². The van der Waals surface area contributed by atoms with Crippen LogP contribution >= 0.6 is 0 Å². The van der Waals surface area contributed by atoms with E-state index in [4.69, 9.17) is 0 Å². The molecule has 0 saturated carbocycles. The van der Waals surface area contributed by atoms with Crippen molar-refractivity contribution in [2.75, 3.05) is 13.1 Å². The van der Waals surface area contributed by atoms with Crippen LogP contribution in [0.5, 0.6) is 0 Å². The van der Waals surface area contributed by atoms with Gasteiger partial charge in [0.05, 0.1) is 6.04 Å². The van der Waals surface area contributed by atoms with Crippen molar-refractivity contribution in [2.45, 2.75) is 73.8 Å². The number of nitrogens with zero attached hydrogens (tertiary/aromatic N) is 1. The largest absolute Gasteiger partial charge is 0.298 e. The molecule has 0 unspecified atom stereocenters. The molecule has 0 saturated heterocycles. The van der Waals surface area contributed by atoms with Gasteiger partial charge in [-0.25, -0.2) is 0 Å². The van der Waals surface area contributed by atoms with Crippen LogP contribution in [0.1, 0.15) is 67.7 Å². The molecule has 0 N–H and O–H groups in total. The van der Waals surface area contributed by atoms with Crippen molar-refractivity contribution >= 4 is 5.78 Å². The molecule has 18 heavy (non-hydrogen) atoms. The van der Waals surface area contributed by atoms with Crippen molar-refractivity contribution in [1.82, 2.24) is 4.90 Å². The van der Waals surface area contributed by atoms with Gasteiger partial charge in [0.2, 0.25) is 0 Å². The van der Waals surface area contributed by atoms with Crippen LogP contribution in [0.15, 0.2) is 0 Å². The highest BCUT2D eigenvalue weighted by Gasteiger charge is 2.30. The number of hydrogen-bond acceptors (Lipinski definition) is 2. The smallest absolute Gasteiger partial charge is 0.149 e. The molecule has 2 heteroatoms. The van der Waals surface area contributed by atoms with E-state index in [9.17, 15) is 4.79 Å². The van der Waals surface area contributed by atoms with Gasteiger partial charge >= 0.3 is 0 Å². The SMILES string of the molecule is CCC(=O)[C@H](C[C@H](CC)C(C)(C)C)N(CC)CC. The molecule has 0 amide bonds. The number of hydrogen-bond donors (Lipinski definition) is 0. The van der Waals surface area contributed by atoms with Gasteiger partial charge in [-0.2, -0.15) is 0 Å². The highest BCUT2D eigenvalue weighted by Crippen LogP contribution is 2.33. The standard InChI is InChI=1S/C16H33NO/c1-8-13(16(5,6)7)12-14(15(18)9-2)17(10-3)11-4/h13-14H,8-12H2,1-7H3/t13-,14-/m0/s1. The third-order valence-corrected chi connectivity index (χ3v) is 4.20. The average Bonchev–Trinajstić information content (AvgIpc) is 2.32. The maximum absolute atomic E-state index is 12.2. The summed E-state index contributed by atoms with van der Waals surface area (Å²) in [6.45, 7) is 17.3. The zero-order chi connectivity index (χ0) is 14.3. The van der Waals surface area contributed by atoms with Gasteiger partial charge in [-0.05, 0) is 30.8 Å². The van der Waals surface area contributed by atoms with E-state index in [0.717, 1.165) is 25.9 Å². The second-order valence-corrected chi connectivity index (χ2v) is 6.26. The van der Waals surface area contributed by atoms with E-state index in [0.29, 0.717) is 18.1 Å². The molecule has 0 aromatic carbocycles. The maximum Gasteiger partial charge on any atom is 0.149 e. The molecule has 0 aliphatic carbocycles. The van der Waals surface area contributed by atoms with E-state index in [1.165, 1.54) is 0 Å². The fraction of sp³-hybridized carbons (Fsp3) is 0.938. The summed E-state index contributed by atoms with van der Waals surface area (Å²) in [4.78, 5) is 14.5. The predicted octanol–water partition coefficient (Wildman–Crippen LogP) is 4.14. The minimum absolute atomic E-state index is 0.120. The fourth-order valence-corrected chi connectivity index (χ4v) is 2.79. The first-order chi connectivity index (χ1) is 8.31. The second kappa shape index (κ2) is 7.93. The van der Waals surface area contributed by atoms with Crippen LogP contribution in [0.4, 0.5) is 0 Å². The van der Waals surface area contributed by atoms with E-state index in [-0.39, 0.29) is 11.5 Å². The Hall–Kier alpha value is -0.370. The topological polar surface area (TPSA) is 20.3 Å². The quantitative estimate of drug-likeness (QED) is 0.650. The first-order valence-corrected chi connectivity index (χ1v) is 7.58. The molecular weight excluding hydrogens is 222 g/mol. The Morgan fingerprint density at radius 2 is 1.56 bits per heavy atom.